The molecule has 0 radical (unpaired) electrons. The third-order valence-corrected chi connectivity index (χ3v) is 1.78. The van der Waals surface area contributed by atoms with Gasteiger partial charge in [-0.15, -0.1) is 10.2 Å². The SMILES string of the molecule is CC(NC(=O)C(C)(C)C)c1nn[nH]n1. The van der Waals surface area contributed by atoms with Crippen LogP contribution >= 0.6 is 0 Å². The Morgan fingerprint density at radius 2 is 2.14 bits per heavy atom. The summed E-state index contributed by atoms with van der Waals surface area (Å²) in [6.45, 7) is 7.37. The number of nitrogens with one attached hydrogen (secondary N) is 2. The van der Waals surface area contributed by atoms with Crippen LogP contribution in [0.5, 0.6) is 0 Å². The number of tetrazole rings is 1. The van der Waals surface area contributed by atoms with Gasteiger partial charge in [-0.05, 0) is 6.92 Å². The second kappa shape index (κ2) is 3.73. The molecule has 14 heavy (non-hydrogen) atoms. The first-order valence-corrected chi connectivity index (χ1v) is 4.45. The number of amides is 1. The van der Waals surface area contributed by atoms with Crippen LogP contribution < -0.4 is 5.32 Å². The number of carbonyl (C=O) groups excluding carboxylic acids is 1. The van der Waals surface area contributed by atoms with Crippen LogP contribution in [0.2, 0.25) is 0 Å². The third-order valence-electron chi connectivity index (χ3n) is 1.78. The molecule has 6 heteroatoms. The highest BCUT2D eigenvalue weighted by Gasteiger charge is 2.24. The van der Waals surface area contributed by atoms with Crippen LogP contribution in [0.1, 0.15) is 39.6 Å². The van der Waals surface area contributed by atoms with Gasteiger partial charge in [0.2, 0.25) is 5.91 Å². The molecule has 1 rings (SSSR count). The van der Waals surface area contributed by atoms with Gasteiger partial charge in [0.15, 0.2) is 5.82 Å². The Morgan fingerprint density at radius 3 is 2.57 bits per heavy atom. The zero-order chi connectivity index (χ0) is 10.8. The molecule has 1 unspecified atom stereocenters. The van der Waals surface area contributed by atoms with Gasteiger partial charge in [0.25, 0.3) is 0 Å². The molecule has 0 fully saturated rings. The van der Waals surface area contributed by atoms with Crippen LogP contribution in [0, 0.1) is 5.41 Å². The van der Waals surface area contributed by atoms with Crippen molar-refractivity contribution in [2.45, 2.75) is 33.7 Å². The highest BCUT2D eigenvalue weighted by atomic mass is 16.2. The minimum Gasteiger partial charge on any atom is -0.346 e. The monoisotopic (exact) mass is 197 g/mol. The maximum Gasteiger partial charge on any atom is 0.225 e. The maximum absolute atomic E-state index is 11.6. The highest BCUT2D eigenvalue weighted by molar-refractivity contribution is 5.81. The van der Waals surface area contributed by atoms with Crippen LogP contribution in [-0.4, -0.2) is 26.5 Å². The molecule has 0 aromatic carbocycles. The van der Waals surface area contributed by atoms with Crippen LogP contribution in [-0.2, 0) is 4.79 Å². The number of rotatable bonds is 2. The molecule has 78 valence electrons. The lowest BCUT2D eigenvalue weighted by atomic mass is 9.95. The molecule has 0 spiro atoms. The van der Waals surface area contributed by atoms with Gasteiger partial charge in [0.1, 0.15) is 0 Å². The number of aromatic amines is 1. The summed E-state index contributed by atoms with van der Waals surface area (Å²) in [6, 6.07) is -0.222. The number of nitrogens with zero attached hydrogens (tertiary/aromatic N) is 3. The second-order valence-electron chi connectivity index (χ2n) is 4.22. The van der Waals surface area contributed by atoms with Gasteiger partial charge in [-0.25, -0.2) is 0 Å². The molecule has 0 saturated heterocycles. The molecule has 1 aromatic heterocycles. The molecule has 1 heterocycles. The van der Waals surface area contributed by atoms with E-state index in [0.29, 0.717) is 5.82 Å². The first-order chi connectivity index (χ1) is 6.41. The Hall–Kier alpha value is -1.46. The molecule has 0 bridgehead atoms. The van der Waals surface area contributed by atoms with E-state index in [2.05, 4.69) is 25.9 Å². The van der Waals surface area contributed by atoms with Gasteiger partial charge in [-0.2, -0.15) is 5.21 Å². The molecule has 1 atom stereocenters. The fourth-order valence-electron chi connectivity index (χ4n) is 0.831. The van der Waals surface area contributed by atoms with Gasteiger partial charge in [0.05, 0.1) is 6.04 Å². The zero-order valence-corrected chi connectivity index (χ0v) is 8.83. The van der Waals surface area contributed by atoms with Crippen molar-refractivity contribution < 1.29 is 4.79 Å². The largest absolute Gasteiger partial charge is 0.346 e. The predicted octanol–water partition coefficient (Wildman–Crippen LogP) is 0.423. The van der Waals surface area contributed by atoms with Gasteiger partial charge in [-0.3, -0.25) is 4.79 Å². The first-order valence-electron chi connectivity index (χ1n) is 4.45. The number of hydrogen-bond donors (Lipinski definition) is 2. The molecule has 1 aromatic rings. The van der Waals surface area contributed by atoms with Crippen LogP contribution in [0.3, 0.4) is 0 Å². The molecule has 0 aliphatic carbocycles. The van der Waals surface area contributed by atoms with E-state index in [1.807, 2.05) is 27.7 Å². The fraction of sp³-hybridized carbons (Fsp3) is 0.750. The summed E-state index contributed by atoms with van der Waals surface area (Å²) in [5.41, 5.74) is -0.405. The lowest BCUT2D eigenvalue weighted by molar-refractivity contribution is -0.129. The molecule has 0 saturated carbocycles. The van der Waals surface area contributed by atoms with E-state index in [1.54, 1.807) is 0 Å². The molecule has 0 aliphatic rings. The van der Waals surface area contributed by atoms with E-state index in [9.17, 15) is 4.79 Å². The summed E-state index contributed by atoms with van der Waals surface area (Å²) >= 11 is 0. The Kier molecular flexibility index (Phi) is 2.83. The van der Waals surface area contributed by atoms with Gasteiger partial charge < -0.3 is 5.32 Å². The van der Waals surface area contributed by atoms with Crippen molar-refractivity contribution in [3.8, 4) is 0 Å². The topological polar surface area (TPSA) is 83.6 Å². The Morgan fingerprint density at radius 1 is 1.50 bits per heavy atom. The average Bonchev–Trinajstić information content (AvgIpc) is 2.53. The minimum atomic E-state index is -0.405. The predicted molar refractivity (Wildman–Crippen MR) is 50.2 cm³/mol. The summed E-state index contributed by atoms with van der Waals surface area (Å²) in [5.74, 6) is 0.456. The quantitative estimate of drug-likeness (QED) is 0.719. The highest BCUT2D eigenvalue weighted by Crippen LogP contribution is 2.15. The van der Waals surface area contributed by atoms with Crippen LogP contribution in [0.25, 0.3) is 0 Å². The molecular formula is C8H15N5O. The maximum atomic E-state index is 11.6. The lowest BCUT2D eigenvalue weighted by Gasteiger charge is -2.19. The van der Waals surface area contributed by atoms with E-state index in [-0.39, 0.29) is 11.9 Å². The van der Waals surface area contributed by atoms with Gasteiger partial charge in [-0.1, -0.05) is 26.0 Å². The average molecular weight is 197 g/mol. The van der Waals surface area contributed by atoms with Gasteiger partial charge in [0, 0.05) is 5.41 Å². The van der Waals surface area contributed by atoms with Crippen molar-refractivity contribution in [2.75, 3.05) is 0 Å². The smallest absolute Gasteiger partial charge is 0.225 e. The summed E-state index contributed by atoms with van der Waals surface area (Å²) in [4.78, 5) is 11.6. The van der Waals surface area contributed by atoms with E-state index < -0.39 is 5.41 Å². The Balaban J connectivity index is 2.58. The first kappa shape index (κ1) is 10.6. The lowest BCUT2D eigenvalue weighted by Crippen LogP contribution is -2.36. The van der Waals surface area contributed by atoms with Crippen molar-refractivity contribution in [2.24, 2.45) is 5.41 Å². The molecule has 1 amide bonds. The standard InChI is InChI=1S/C8H15N5O/c1-5(6-10-12-13-11-6)9-7(14)8(2,3)4/h5H,1-4H3,(H,9,14)(H,10,11,12,13). The van der Waals surface area contributed by atoms with Gasteiger partial charge >= 0.3 is 0 Å². The summed E-state index contributed by atoms with van der Waals surface area (Å²) in [7, 11) is 0. The Labute approximate surface area is 82.5 Å². The van der Waals surface area contributed by atoms with E-state index >= 15 is 0 Å². The normalized spacial score (nSPS) is 13.7. The molecule has 6 nitrogen and oxygen atoms in total. The molecular weight excluding hydrogens is 182 g/mol. The second-order valence-corrected chi connectivity index (χ2v) is 4.22. The van der Waals surface area contributed by atoms with Crippen molar-refractivity contribution in [1.29, 1.82) is 0 Å². The van der Waals surface area contributed by atoms with Crippen LogP contribution in [0.15, 0.2) is 0 Å². The van der Waals surface area contributed by atoms with Crippen molar-refractivity contribution in [3.05, 3.63) is 5.82 Å². The number of aromatic nitrogens is 4. The van der Waals surface area contributed by atoms with E-state index in [4.69, 9.17) is 0 Å². The Bertz CT molecular complexity index is 300. The summed E-state index contributed by atoms with van der Waals surface area (Å²) in [6.07, 6.45) is 0. The molecule has 0 aliphatic heterocycles. The van der Waals surface area contributed by atoms with Crippen LogP contribution in [0.4, 0.5) is 0 Å². The minimum absolute atomic E-state index is 0.0326. The third kappa shape index (κ3) is 2.51. The zero-order valence-electron chi connectivity index (χ0n) is 8.83. The van der Waals surface area contributed by atoms with E-state index in [0.717, 1.165) is 0 Å². The summed E-state index contributed by atoms with van der Waals surface area (Å²) in [5, 5.41) is 16.1. The van der Waals surface area contributed by atoms with Crippen molar-refractivity contribution in [1.82, 2.24) is 25.9 Å². The van der Waals surface area contributed by atoms with Crippen molar-refractivity contribution >= 4 is 5.91 Å². The number of carbonyl (C=O) groups is 1. The van der Waals surface area contributed by atoms with Crippen molar-refractivity contribution in [3.63, 3.8) is 0 Å². The number of hydrogen-bond acceptors (Lipinski definition) is 4. The molecule has 2 N–H and O–H groups in total. The van der Waals surface area contributed by atoms with E-state index in [1.165, 1.54) is 0 Å². The summed E-state index contributed by atoms with van der Waals surface area (Å²) < 4.78 is 0. The fourth-order valence-corrected chi connectivity index (χ4v) is 0.831. The number of H-pyrrole nitrogens is 1.